The van der Waals surface area contributed by atoms with Gasteiger partial charge in [0.25, 0.3) is 0 Å². The number of carbonyl (C=O) groups is 1. The molecule has 0 aliphatic heterocycles. The van der Waals surface area contributed by atoms with Crippen molar-refractivity contribution in [1.29, 1.82) is 0 Å². The molecule has 0 bridgehead atoms. The number of rotatable bonds is 6. The van der Waals surface area contributed by atoms with Gasteiger partial charge in [0.15, 0.2) is 0 Å². The van der Waals surface area contributed by atoms with Gasteiger partial charge >= 0.3 is 0 Å². The summed E-state index contributed by atoms with van der Waals surface area (Å²) in [6.07, 6.45) is 2.57. The van der Waals surface area contributed by atoms with Crippen LogP contribution in [0.1, 0.15) is 18.4 Å². The zero-order valence-corrected chi connectivity index (χ0v) is 13.0. The number of ether oxygens (including phenoxy) is 1. The summed E-state index contributed by atoms with van der Waals surface area (Å²) in [5.74, 6) is 1.19. The number of hydrogen-bond acceptors (Lipinski definition) is 3. The summed E-state index contributed by atoms with van der Waals surface area (Å²) >= 11 is 5.94. The molecule has 1 amide bonds. The molecule has 1 unspecified atom stereocenters. The Morgan fingerprint density at radius 2 is 2.25 bits per heavy atom. The fraction of sp³-hybridized carbons (Fsp3) is 0.500. The van der Waals surface area contributed by atoms with E-state index in [1.54, 1.807) is 25.3 Å². The van der Waals surface area contributed by atoms with Crippen molar-refractivity contribution < 1.29 is 9.53 Å². The fourth-order valence-electron chi connectivity index (χ4n) is 2.18. The highest BCUT2D eigenvalue weighted by atomic mass is 35.5. The summed E-state index contributed by atoms with van der Waals surface area (Å²) in [5.41, 5.74) is 6.47. The van der Waals surface area contributed by atoms with Gasteiger partial charge in [-0.25, -0.2) is 0 Å². The molecule has 0 aromatic heterocycles. The smallest absolute Gasteiger partial charge is 0.224 e. The molecule has 1 fully saturated rings. The van der Waals surface area contributed by atoms with Crippen LogP contribution in [-0.4, -0.2) is 25.6 Å². The molecule has 0 heterocycles. The van der Waals surface area contributed by atoms with Crippen LogP contribution >= 0.6 is 24.0 Å². The third kappa shape index (κ3) is 4.54. The third-order valence-electron chi connectivity index (χ3n) is 3.38. The Balaban J connectivity index is 0.00000200. The maximum Gasteiger partial charge on any atom is 0.224 e. The number of hydrogen-bond donors (Lipinski definition) is 2. The van der Waals surface area contributed by atoms with E-state index in [-0.39, 0.29) is 30.8 Å². The molecule has 1 aliphatic carbocycles. The van der Waals surface area contributed by atoms with E-state index in [1.807, 2.05) is 0 Å². The highest BCUT2D eigenvalue weighted by Crippen LogP contribution is 2.32. The normalized spacial score (nSPS) is 15.2. The Kier molecular flexibility index (Phi) is 6.59. The summed E-state index contributed by atoms with van der Waals surface area (Å²) in [7, 11) is 1.58. The topological polar surface area (TPSA) is 64.3 Å². The lowest BCUT2D eigenvalue weighted by atomic mass is 10.1. The molecule has 1 aromatic rings. The van der Waals surface area contributed by atoms with Crippen LogP contribution in [0.2, 0.25) is 5.02 Å². The van der Waals surface area contributed by atoms with E-state index in [9.17, 15) is 4.79 Å². The minimum Gasteiger partial charge on any atom is -0.496 e. The average Bonchev–Trinajstić information content (AvgIpc) is 3.20. The molecule has 1 aliphatic rings. The Labute approximate surface area is 130 Å². The van der Waals surface area contributed by atoms with Gasteiger partial charge in [0.05, 0.1) is 13.5 Å². The Bertz CT molecular complexity index is 464. The quantitative estimate of drug-likeness (QED) is 0.844. The second-order valence-electron chi connectivity index (χ2n) is 4.88. The van der Waals surface area contributed by atoms with Crippen molar-refractivity contribution >= 4 is 29.9 Å². The molecule has 1 atom stereocenters. The summed E-state index contributed by atoms with van der Waals surface area (Å²) in [6, 6.07) is 5.37. The number of methoxy groups -OCH3 is 1. The highest BCUT2D eigenvalue weighted by Gasteiger charge is 2.31. The first kappa shape index (κ1) is 17.1. The molecule has 20 heavy (non-hydrogen) atoms. The van der Waals surface area contributed by atoms with Gasteiger partial charge in [0, 0.05) is 23.2 Å². The summed E-state index contributed by atoms with van der Waals surface area (Å²) in [6.45, 7) is 0.489. The highest BCUT2D eigenvalue weighted by molar-refractivity contribution is 6.30. The van der Waals surface area contributed by atoms with Crippen LogP contribution in [0.3, 0.4) is 0 Å². The van der Waals surface area contributed by atoms with E-state index >= 15 is 0 Å². The lowest BCUT2D eigenvalue weighted by Crippen LogP contribution is -2.42. The van der Waals surface area contributed by atoms with Crippen LogP contribution < -0.4 is 15.8 Å². The molecule has 4 nitrogen and oxygen atoms in total. The summed E-state index contributed by atoms with van der Waals surface area (Å²) in [4.78, 5) is 12.0. The number of halogens is 2. The molecule has 0 saturated heterocycles. The fourth-order valence-corrected chi connectivity index (χ4v) is 2.38. The van der Waals surface area contributed by atoms with Crippen molar-refractivity contribution in [2.75, 3.05) is 13.7 Å². The average molecular weight is 319 g/mol. The first-order valence-corrected chi connectivity index (χ1v) is 6.83. The maximum absolute atomic E-state index is 12.0. The van der Waals surface area contributed by atoms with Crippen LogP contribution in [0, 0.1) is 5.92 Å². The van der Waals surface area contributed by atoms with Crippen molar-refractivity contribution in [3.05, 3.63) is 28.8 Å². The number of amides is 1. The maximum atomic E-state index is 12.0. The molecular weight excluding hydrogens is 299 g/mol. The monoisotopic (exact) mass is 318 g/mol. The molecule has 1 saturated carbocycles. The first-order chi connectivity index (χ1) is 9.13. The van der Waals surface area contributed by atoms with Gasteiger partial charge in [-0.05, 0) is 37.0 Å². The minimum atomic E-state index is -0.0390. The summed E-state index contributed by atoms with van der Waals surface area (Å²) < 4.78 is 5.23. The molecule has 3 N–H and O–H groups in total. The Hall–Kier alpha value is -0.970. The molecule has 0 radical (unpaired) electrons. The van der Waals surface area contributed by atoms with Gasteiger partial charge in [-0.15, -0.1) is 12.4 Å². The predicted molar refractivity (Wildman–Crippen MR) is 82.7 cm³/mol. The lowest BCUT2D eigenvalue weighted by Gasteiger charge is -2.16. The zero-order valence-electron chi connectivity index (χ0n) is 11.4. The van der Waals surface area contributed by atoms with Gasteiger partial charge < -0.3 is 15.8 Å². The van der Waals surface area contributed by atoms with Crippen LogP contribution in [0.15, 0.2) is 18.2 Å². The number of benzene rings is 1. The van der Waals surface area contributed by atoms with Crippen LogP contribution in [0.25, 0.3) is 0 Å². The Morgan fingerprint density at radius 3 is 2.80 bits per heavy atom. The van der Waals surface area contributed by atoms with Crippen molar-refractivity contribution in [3.63, 3.8) is 0 Å². The van der Waals surface area contributed by atoms with Gasteiger partial charge in [-0.3, -0.25) is 4.79 Å². The van der Waals surface area contributed by atoms with Crippen molar-refractivity contribution in [2.45, 2.75) is 25.3 Å². The molecule has 6 heteroatoms. The molecular formula is C14H20Cl2N2O2. The van der Waals surface area contributed by atoms with Gasteiger partial charge in [0.2, 0.25) is 5.91 Å². The first-order valence-electron chi connectivity index (χ1n) is 6.46. The second kappa shape index (κ2) is 7.72. The minimum absolute atomic E-state index is 0. The number of carbonyl (C=O) groups excluding carboxylic acids is 1. The largest absolute Gasteiger partial charge is 0.496 e. The summed E-state index contributed by atoms with van der Waals surface area (Å²) in [5, 5.41) is 3.58. The number of nitrogens with one attached hydrogen (secondary N) is 1. The lowest BCUT2D eigenvalue weighted by molar-refractivity contribution is -0.121. The van der Waals surface area contributed by atoms with E-state index in [0.29, 0.717) is 23.2 Å². The SMILES string of the molecule is COc1ccc(Cl)cc1CC(=O)NC(CN)C1CC1.Cl. The van der Waals surface area contributed by atoms with Crippen LogP contribution in [0.5, 0.6) is 5.75 Å². The predicted octanol–water partition coefficient (Wildman–Crippen LogP) is 2.17. The van der Waals surface area contributed by atoms with Gasteiger partial charge in [0.1, 0.15) is 5.75 Å². The standard InChI is InChI=1S/C14H19ClN2O2.ClH/c1-19-13-5-4-11(15)6-10(13)7-14(18)17-12(8-16)9-2-3-9;/h4-6,9,12H,2-3,7-8,16H2,1H3,(H,17,18);1H. The van der Waals surface area contributed by atoms with E-state index in [4.69, 9.17) is 22.1 Å². The van der Waals surface area contributed by atoms with Gasteiger partial charge in [-0.2, -0.15) is 0 Å². The van der Waals surface area contributed by atoms with Gasteiger partial charge in [-0.1, -0.05) is 11.6 Å². The van der Waals surface area contributed by atoms with E-state index < -0.39 is 0 Å². The van der Waals surface area contributed by atoms with E-state index in [1.165, 1.54) is 0 Å². The third-order valence-corrected chi connectivity index (χ3v) is 3.62. The number of nitrogens with two attached hydrogens (primary N) is 1. The van der Waals surface area contributed by atoms with E-state index in [2.05, 4.69) is 5.32 Å². The Morgan fingerprint density at radius 1 is 1.55 bits per heavy atom. The van der Waals surface area contributed by atoms with Crippen molar-refractivity contribution in [2.24, 2.45) is 11.7 Å². The molecule has 1 aromatic carbocycles. The van der Waals surface area contributed by atoms with Crippen molar-refractivity contribution in [3.8, 4) is 5.75 Å². The van der Waals surface area contributed by atoms with E-state index in [0.717, 1.165) is 18.4 Å². The molecule has 2 rings (SSSR count). The molecule has 112 valence electrons. The molecule has 0 spiro atoms. The van der Waals surface area contributed by atoms with Crippen molar-refractivity contribution in [1.82, 2.24) is 5.32 Å². The van der Waals surface area contributed by atoms with Crippen LogP contribution in [0.4, 0.5) is 0 Å². The second-order valence-corrected chi connectivity index (χ2v) is 5.32. The zero-order chi connectivity index (χ0) is 13.8. The van der Waals surface area contributed by atoms with Crippen LogP contribution in [-0.2, 0) is 11.2 Å².